The highest BCUT2D eigenvalue weighted by Crippen LogP contribution is 2.27. The number of pyridine rings is 2. The molecule has 30 heavy (non-hydrogen) atoms. The maximum absolute atomic E-state index is 12.3. The highest BCUT2D eigenvalue weighted by Gasteiger charge is 2.13. The largest absolute Gasteiger partial charge is 0.497 e. The first-order valence-electron chi connectivity index (χ1n) is 9.56. The Balaban J connectivity index is 1.56. The average Bonchev–Trinajstić information content (AvgIpc) is 3.24. The van der Waals surface area contributed by atoms with Gasteiger partial charge in [-0.05, 0) is 54.6 Å². The van der Waals surface area contributed by atoms with Crippen molar-refractivity contribution < 1.29 is 9.53 Å². The first-order valence-corrected chi connectivity index (χ1v) is 9.56. The van der Waals surface area contributed by atoms with Gasteiger partial charge in [-0.15, -0.1) is 0 Å². The van der Waals surface area contributed by atoms with Crippen molar-refractivity contribution in [1.29, 1.82) is 0 Å². The molecule has 0 fully saturated rings. The third kappa shape index (κ3) is 4.35. The van der Waals surface area contributed by atoms with Crippen LogP contribution in [0.1, 0.15) is 10.5 Å². The lowest BCUT2D eigenvalue weighted by atomic mass is 10.1. The molecule has 3 heterocycles. The number of aromatic nitrogens is 4. The molecule has 0 saturated heterocycles. The van der Waals surface area contributed by atoms with E-state index in [1.54, 1.807) is 43.9 Å². The molecule has 0 spiro atoms. The number of rotatable bonds is 7. The van der Waals surface area contributed by atoms with Gasteiger partial charge >= 0.3 is 0 Å². The van der Waals surface area contributed by atoms with Crippen molar-refractivity contribution in [2.45, 2.75) is 6.54 Å². The lowest BCUT2D eigenvalue weighted by molar-refractivity contribution is 0.0947. The van der Waals surface area contributed by atoms with Crippen LogP contribution in [0, 0.1) is 0 Å². The lowest BCUT2D eigenvalue weighted by Crippen LogP contribution is -2.28. The van der Waals surface area contributed by atoms with Crippen LogP contribution in [0.25, 0.3) is 22.5 Å². The quantitative estimate of drug-likeness (QED) is 0.515. The van der Waals surface area contributed by atoms with E-state index < -0.39 is 0 Å². The summed E-state index contributed by atoms with van der Waals surface area (Å²) in [5, 5.41) is 7.66. The summed E-state index contributed by atoms with van der Waals surface area (Å²) in [6.07, 6.45) is 5.14. The van der Waals surface area contributed by atoms with Gasteiger partial charge in [0.1, 0.15) is 11.4 Å². The summed E-state index contributed by atoms with van der Waals surface area (Å²) < 4.78 is 7.12. The average molecular weight is 399 g/mol. The van der Waals surface area contributed by atoms with Crippen molar-refractivity contribution >= 4 is 5.91 Å². The first-order chi connectivity index (χ1) is 14.7. The number of nitrogens with one attached hydrogen (secondary N) is 1. The zero-order chi connectivity index (χ0) is 20.8. The van der Waals surface area contributed by atoms with Crippen LogP contribution in [0.3, 0.4) is 0 Å². The first kappa shape index (κ1) is 19.3. The van der Waals surface area contributed by atoms with Crippen LogP contribution in [0.5, 0.6) is 5.75 Å². The molecular formula is C23H21N5O2. The van der Waals surface area contributed by atoms with Crippen LogP contribution in [0.2, 0.25) is 0 Å². The Kier molecular flexibility index (Phi) is 5.80. The summed E-state index contributed by atoms with van der Waals surface area (Å²) >= 11 is 0. The van der Waals surface area contributed by atoms with Gasteiger partial charge in [0.15, 0.2) is 0 Å². The molecule has 0 unspecified atom stereocenters. The molecule has 4 aromatic rings. The molecule has 3 aromatic heterocycles. The zero-order valence-electron chi connectivity index (χ0n) is 16.5. The van der Waals surface area contributed by atoms with Crippen LogP contribution >= 0.6 is 0 Å². The lowest BCUT2D eigenvalue weighted by Gasteiger charge is -2.08. The number of benzene rings is 1. The van der Waals surface area contributed by atoms with Gasteiger partial charge in [0.05, 0.1) is 25.0 Å². The van der Waals surface area contributed by atoms with Crippen molar-refractivity contribution in [3.63, 3.8) is 0 Å². The molecule has 0 aliphatic rings. The SMILES string of the molecule is COc1ccc(-c2cc(-c3cccnc3)n(CCNC(=O)c3ccccn3)n2)cc1. The van der Waals surface area contributed by atoms with Crippen LogP contribution in [0.15, 0.2) is 79.3 Å². The monoisotopic (exact) mass is 399 g/mol. The Morgan fingerprint density at radius 1 is 1.03 bits per heavy atom. The summed E-state index contributed by atoms with van der Waals surface area (Å²) in [5.41, 5.74) is 4.11. The van der Waals surface area contributed by atoms with Gasteiger partial charge in [-0.3, -0.25) is 19.4 Å². The van der Waals surface area contributed by atoms with Crippen molar-refractivity contribution in [2.24, 2.45) is 0 Å². The van der Waals surface area contributed by atoms with E-state index in [0.717, 1.165) is 28.3 Å². The van der Waals surface area contributed by atoms with Crippen LogP contribution in [-0.4, -0.2) is 39.3 Å². The Hall–Kier alpha value is -4.00. The third-order valence-corrected chi connectivity index (χ3v) is 4.63. The summed E-state index contributed by atoms with van der Waals surface area (Å²) in [6.45, 7) is 0.936. The molecule has 1 N–H and O–H groups in total. The van der Waals surface area contributed by atoms with Gasteiger partial charge in [0, 0.05) is 36.3 Å². The van der Waals surface area contributed by atoms with Crippen molar-refractivity contribution in [3.8, 4) is 28.3 Å². The van der Waals surface area contributed by atoms with Crippen molar-refractivity contribution in [3.05, 3.63) is 84.9 Å². The van der Waals surface area contributed by atoms with Gasteiger partial charge in [0.25, 0.3) is 5.91 Å². The molecule has 0 saturated carbocycles. The molecule has 4 rings (SSSR count). The van der Waals surface area contributed by atoms with E-state index in [0.29, 0.717) is 18.8 Å². The number of carbonyl (C=O) groups excluding carboxylic acids is 1. The maximum atomic E-state index is 12.3. The molecule has 150 valence electrons. The van der Waals surface area contributed by atoms with Crippen LogP contribution in [0.4, 0.5) is 0 Å². The number of methoxy groups -OCH3 is 1. The molecule has 0 aliphatic heterocycles. The van der Waals surface area contributed by atoms with Crippen molar-refractivity contribution in [2.75, 3.05) is 13.7 Å². The van der Waals surface area contributed by atoms with E-state index in [1.165, 1.54) is 0 Å². The number of ether oxygens (including phenoxy) is 1. The number of nitrogens with zero attached hydrogens (tertiary/aromatic N) is 4. The molecule has 0 atom stereocenters. The summed E-state index contributed by atoms with van der Waals surface area (Å²) in [7, 11) is 1.64. The van der Waals surface area contributed by atoms with Gasteiger partial charge < -0.3 is 10.1 Å². The van der Waals surface area contributed by atoms with Gasteiger partial charge in [-0.2, -0.15) is 5.10 Å². The minimum Gasteiger partial charge on any atom is -0.497 e. The minimum atomic E-state index is -0.207. The second kappa shape index (κ2) is 9.00. The van der Waals surface area contributed by atoms with E-state index in [2.05, 4.69) is 15.3 Å². The number of hydrogen-bond acceptors (Lipinski definition) is 5. The van der Waals surface area contributed by atoms with Crippen LogP contribution < -0.4 is 10.1 Å². The summed E-state index contributed by atoms with van der Waals surface area (Å²) in [6, 6.07) is 18.9. The molecule has 1 amide bonds. The molecule has 0 radical (unpaired) electrons. The highest BCUT2D eigenvalue weighted by atomic mass is 16.5. The van der Waals surface area contributed by atoms with Gasteiger partial charge in [-0.1, -0.05) is 6.07 Å². The second-order valence-electron chi connectivity index (χ2n) is 6.58. The zero-order valence-corrected chi connectivity index (χ0v) is 16.5. The van der Waals surface area contributed by atoms with Gasteiger partial charge in [-0.25, -0.2) is 0 Å². The third-order valence-electron chi connectivity index (χ3n) is 4.63. The normalized spacial score (nSPS) is 10.6. The van der Waals surface area contributed by atoms with Crippen molar-refractivity contribution in [1.82, 2.24) is 25.1 Å². The topological polar surface area (TPSA) is 81.9 Å². The number of carbonyl (C=O) groups is 1. The number of hydrogen-bond donors (Lipinski definition) is 1. The van der Waals surface area contributed by atoms with E-state index in [9.17, 15) is 4.79 Å². The van der Waals surface area contributed by atoms with E-state index in [-0.39, 0.29) is 5.91 Å². The Bertz CT molecular complexity index is 1110. The standard InChI is InChI=1S/C23H21N5O2/c1-30-19-9-7-17(8-10-19)21-15-22(18-5-4-11-24-16-18)28(27-21)14-13-26-23(29)20-6-2-3-12-25-20/h2-12,15-16H,13-14H2,1H3,(H,26,29). The Morgan fingerprint density at radius 2 is 1.90 bits per heavy atom. The predicted molar refractivity (Wildman–Crippen MR) is 114 cm³/mol. The molecule has 1 aromatic carbocycles. The fourth-order valence-corrected chi connectivity index (χ4v) is 3.10. The van der Waals surface area contributed by atoms with E-state index >= 15 is 0 Å². The Labute approximate surface area is 174 Å². The summed E-state index contributed by atoms with van der Waals surface area (Å²) in [5.74, 6) is 0.587. The molecule has 7 nitrogen and oxygen atoms in total. The summed E-state index contributed by atoms with van der Waals surface area (Å²) in [4.78, 5) is 20.5. The fourth-order valence-electron chi connectivity index (χ4n) is 3.10. The minimum absolute atomic E-state index is 0.207. The van der Waals surface area contributed by atoms with Gasteiger partial charge in [0.2, 0.25) is 0 Å². The van der Waals surface area contributed by atoms with E-state index in [1.807, 2.05) is 47.1 Å². The second-order valence-corrected chi connectivity index (χ2v) is 6.58. The molecule has 0 bridgehead atoms. The predicted octanol–water partition coefficient (Wildman–Crippen LogP) is 3.45. The molecular weight excluding hydrogens is 378 g/mol. The molecule has 0 aliphatic carbocycles. The maximum Gasteiger partial charge on any atom is 0.269 e. The number of amides is 1. The Morgan fingerprint density at radius 3 is 2.60 bits per heavy atom. The smallest absolute Gasteiger partial charge is 0.269 e. The van der Waals surface area contributed by atoms with Crippen LogP contribution in [-0.2, 0) is 6.54 Å². The van der Waals surface area contributed by atoms with E-state index in [4.69, 9.17) is 9.84 Å². The molecule has 7 heteroatoms. The fraction of sp³-hybridized carbons (Fsp3) is 0.130. The highest BCUT2D eigenvalue weighted by molar-refractivity contribution is 5.92.